The largest absolute Gasteiger partial charge is 0.465 e. The molecule has 0 radical (unpaired) electrons. The van der Waals surface area contributed by atoms with Crippen molar-refractivity contribution >= 4 is 12.0 Å². The molecule has 0 saturated heterocycles. The molecule has 3 aromatic rings. The molecule has 0 saturated carbocycles. The molecule has 0 atom stereocenters. The van der Waals surface area contributed by atoms with Gasteiger partial charge >= 0.3 is 0 Å². The second-order valence-electron chi connectivity index (χ2n) is 4.68. The third-order valence-corrected chi connectivity index (χ3v) is 3.01. The highest BCUT2D eigenvalue weighted by molar-refractivity contribution is 5.91. The molecule has 0 fully saturated rings. The number of nitrogens with zero attached hydrogens (tertiary/aromatic N) is 2. The zero-order valence-electron chi connectivity index (χ0n) is 12.0. The fourth-order valence-corrected chi connectivity index (χ4v) is 1.88. The average molecular weight is 312 g/mol. The number of carbonyl (C=O) groups excluding carboxylic acids is 1. The van der Waals surface area contributed by atoms with Gasteiger partial charge < -0.3 is 9.73 Å². The highest BCUT2D eigenvalue weighted by atomic mass is 19.1. The maximum absolute atomic E-state index is 12.9. The number of hydrogen-bond donors (Lipinski definition) is 2. The van der Waals surface area contributed by atoms with Gasteiger partial charge in [0.2, 0.25) is 5.91 Å². The van der Waals surface area contributed by atoms with Crippen molar-refractivity contribution in [3.63, 3.8) is 0 Å². The molecule has 3 rings (SSSR count). The van der Waals surface area contributed by atoms with E-state index in [0.29, 0.717) is 23.0 Å². The van der Waals surface area contributed by atoms with Gasteiger partial charge in [0.25, 0.3) is 0 Å². The number of amides is 1. The van der Waals surface area contributed by atoms with E-state index in [9.17, 15) is 9.18 Å². The van der Waals surface area contributed by atoms with Crippen molar-refractivity contribution in [2.75, 3.05) is 0 Å². The van der Waals surface area contributed by atoms with Crippen molar-refractivity contribution in [1.82, 2.24) is 20.5 Å². The molecule has 0 aliphatic carbocycles. The van der Waals surface area contributed by atoms with Crippen molar-refractivity contribution in [3.05, 3.63) is 66.1 Å². The number of halogens is 1. The molecule has 0 aliphatic rings. The third kappa shape index (κ3) is 3.91. The van der Waals surface area contributed by atoms with Crippen molar-refractivity contribution in [1.29, 1.82) is 0 Å². The number of aromatic nitrogens is 3. The van der Waals surface area contributed by atoms with Gasteiger partial charge in [0.05, 0.1) is 12.8 Å². The van der Waals surface area contributed by atoms with Gasteiger partial charge in [-0.15, -0.1) is 0 Å². The lowest BCUT2D eigenvalue weighted by Gasteiger charge is -1.97. The summed E-state index contributed by atoms with van der Waals surface area (Å²) in [7, 11) is 0. The zero-order valence-corrected chi connectivity index (χ0v) is 12.0. The third-order valence-electron chi connectivity index (χ3n) is 3.01. The molecule has 6 nitrogen and oxygen atoms in total. The Morgan fingerprint density at radius 1 is 1.30 bits per heavy atom. The van der Waals surface area contributed by atoms with Gasteiger partial charge in [0, 0.05) is 11.6 Å². The summed E-state index contributed by atoms with van der Waals surface area (Å²) in [4.78, 5) is 15.9. The SMILES string of the molecule is O=C(/C=C\c1ccco1)NCc1nc(-c2ccc(F)cc2)n[nH]1. The molecule has 2 aromatic heterocycles. The van der Waals surface area contributed by atoms with E-state index in [2.05, 4.69) is 20.5 Å². The maximum atomic E-state index is 12.9. The second-order valence-corrected chi connectivity index (χ2v) is 4.68. The number of hydrogen-bond acceptors (Lipinski definition) is 4. The lowest BCUT2D eigenvalue weighted by atomic mass is 10.2. The Morgan fingerprint density at radius 3 is 2.87 bits per heavy atom. The molecule has 1 amide bonds. The number of H-pyrrole nitrogens is 1. The molecule has 0 unspecified atom stereocenters. The van der Waals surface area contributed by atoms with Crippen LogP contribution in [0.3, 0.4) is 0 Å². The number of rotatable bonds is 5. The van der Waals surface area contributed by atoms with Crippen LogP contribution in [0.4, 0.5) is 4.39 Å². The Morgan fingerprint density at radius 2 is 2.13 bits per heavy atom. The molecule has 0 aliphatic heterocycles. The number of carbonyl (C=O) groups is 1. The van der Waals surface area contributed by atoms with Gasteiger partial charge in [-0.2, -0.15) is 5.10 Å². The minimum Gasteiger partial charge on any atom is -0.465 e. The number of benzene rings is 1. The molecule has 0 bridgehead atoms. The first-order valence-electron chi connectivity index (χ1n) is 6.87. The maximum Gasteiger partial charge on any atom is 0.244 e. The van der Waals surface area contributed by atoms with Crippen LogP contribution in [-0.4, -0.2) is 21.1 Å². The van der Waals surface area contributed by atoms with Gasteiger partial charge in [-0.1, -0.05) is 0 Å². The standard InChI is InChI=1S/C16H13FN4O2/c17-12-5-3-11(4-6-12)16-19-14(20-21-16)10-18-15(22)8-7-13-2-1-9-23-13/h1-9H,10H2,(H,18,22)(H,19,20,21)/b8-7-. The van der Waals surface area contributed by atoms with Crippen LogP contribution < -0.4 is 5.32 Å². The number of furan rings is 1. The van der Waals surface area contributed by atoms with Crippen molar-refractivity contribution < 1.29 is 13.6 Å². The minimum atomic E-state index is -0.319. The Balaban J connectivity index is 1.57. The Kier molecular flexibility index (Phi) is 4.28. The first-order chi connectivity index (χ1) is 11.2. The molecule has 2 heterocycles. The van der Waals surface area contributed by atoms with Gasteiger partial charge in [-0.3, -0.25) is 9.89 Å². The van der Waals surface area contributed by atoms with Crippen molar-refractivity contribution in [2.45, 2.75) is 6.54 Å². The van der Waals surface area contributed by atoms with Crippen LogP contribution >= 0.6 is 0 Å². The molecule has 0 spiro atoms. The Bertz CT molecular complexity index is 807. The number of nitrogens with one attached hydrogen (secondary N) is 2. The van der Waals surface area contributed by atoms with Gasteiger partial charge in [-0.25, -0.2) is 9.37 Å². The molecule has 23 heavy (non-hydrogen) atoms. The quantitative estimate of drug-likeness (QED) is 0.709. The van der Waals surface area contributed by atoms with Gasteiger partial charge in [0.1, 0.15) is 17.4 Å². The summed E-state index contributed by atoms with van der Waals surface area (Å²) in [5.74, 6) is 0.948. The smallest absolute Gasteiger partial charge is 0.244 e. The first-order valence-corrected chi connectivity index (χ1v) is 6.87. The monoisotopic (exact) mass is 312 g/mol. The molecular weight excluding hydrogens is 299 g/mol. The van der Waals surface area contributed by atoms with E-state index < -0.39 is 0 Å². The molecule has 2 N–H and O–H groups in total. The van der Waals surface area contributed by atoms with Crippen LogP contribution in [0.25, 0.3) is 17.5 Å². The zero-order chi connectivity index (χ0) is 16.1. The summed E-state index contributed by atoms with van der Waals surface area (Å²) in [5, 5.41) is 9.44. The van der Waals surface area contributed by atoms with Crippen molar-refractivity contribution in [3.8, 4) is 11.4 Å². The normalized spacial score (nSPS) is 11.0. The predicted octanol–water partition coefficient (Wildman–Crippen LogP) is 2.53. The molecule has 116 valence electrons. The van der Waals surface area contributed by atoms with Gasteiger partial charge in [0.15, 0.2) is 5.82 Å². The van der Waals surface area contributed by atoms with Crippen LogP contribution in [0.2, 0.25) is 0 Å². The van der Waals surface area contributed by atoms with E-state index >= 15 is 0 Å². The summed E-state index contributed by atoms with van der Waals surface area (Å²) in [6.07, 6.45) is 4.47. The van der Waals surface area contributed by atoms with Crippen LogP contribution in [0.15, 0.2) is 53.2 Å². The summed E-state index contributed by atoms with van der Waals surface area (Å²) < 4.78 is 18.0. The van der Waals surface area contributed by atoms with Crippen LogP contribution in [0.5, 0.6) is 0 Å². The van der Waals surface area contributed by atoms with Gasteiger partial charge in [-0.05, 0) is 42.5 Å². The summed E-state index contributed by atoms with van der Waals surface area (Å²) in [6.45, 7) is 0.204. The van der Waals surface area contributed by atoms with E-state index in [0.717, 1.165) is 0 Å². The summed E-state index contributed by atoms with van der Waals surface area (Å²) in [5.41, 5.74) is 0.693. The first kappa shape index (κ1) is 14.7. The van der Waals surface area contributed by atoms with E-state index in [-0.39, 0.29) is 18.3 Å². The van der Waals surface area contributed by atoms with Crippen LogP contribution in [0, 0.1) is 5.82 Å². The van der Waals surface area contributed by atoms with E-state index in [1.54, 1.807) is 30.3 Å². The minimum absolute atomic E-state index is 0.204. The second kappa shape index (κ2) is 6.69. The van der Waals surface area contributed by atoms with E-state index in [1.807, 2.05) is 0 Å². The predicted molar refractivity (Wildman–Crippen MR) is 81.4 cm³/mol. The fourth-order valence-electron chi connectivity index (χ4n) is 1.88. The fraction of sp³-hybridized carbons (Fsp3) is 0.0625. The summed E-state index contributed by atoms with van der Waals surface area (Å²) >= 11 is 0. The van der Waals surface area contributed by atoms with Crippen molar-refractivity contribution in [2.24, 2.45) is 0 Å². The Hall–Kier alpha value is -3.22. The van der Waals surface area contributed by atoms with E-state index in [4.69, 9.17) is 4.42 Å². The van der Waals surface area contributed by atoms with Crippen LogP contribution in [-0.2, 0) is 11.3 Å². The molecular formula is C16H13FN4O2. The topological polar surface area (TPSA) is 83.8 Å². The number of aromatic amines is 1. The lowest BCUT2D eigenvalue weighted by molar-refractivity contribution is -0.116. The highest BCUT2D eigenvalue weighted by Crippen LogP contribution is 2.14. The highest BCUT2D eigenvalue weighted by Gasteiger charge is 2.06. The van der Waals surface area contributed by atoms with Crippen LogP contribution in [0.1, 0.15) is 11.6 Å². The summed E-state index contributed by atoms with van der Waals surface area (Å²) in [6, 6.07) is 9.34. The molecule has 7 heteroatoms. The lowest BCUT2D eigenvalue weighted by Crippen LogP contribution is -2.20. The average Bonchev–Trinajstić information content (AvgIpc) is 3.23. The van der Waals surface area contributed by atoms with E-state index in [1.165, 1.54) is 24.5 Å². The Labute approximate surface area is 131 Å². The molecule has 1 aromatic carbocycles.